The van der Waals surface area contributed by atoms with Crippen molar-refractivity contribution in [1.82, 2.24) is 15.0 Å². The van der Waals surface area contributed by atoms with Crippen LogP contribution in [0.1, 0.15) is 16.1 Å². The maximum atomic E-state index is 15.0. The number of H-pyrrole nitrogens is 1. The molecule has 0 bridgehead atoms. The summed E-state index contributed by atoms with van der Waals surface area (Å²) >= 11 is 3.32. The van der Waals surface area contributed by atoms with E-state index in [0.29, 0.717) is 32.6 Å². The number of aryl methyl sites for hydroxylation is 1. The Morgan fingerprint density at radius 2 is 1.79 bits per heavy atom. The summed E-state index contributed by atoms with van der Waals surface area (Å²) in [5.74, 6) is -1.31. The Hall–Kier alpha value is -4.64. The lowest BCUT2D eigenvalue weighted by molar-refractivity contribution is 0.102. The highest BCUT2D eigenvalue weighted by Gasteiger charge is 2.18. The van der Waals surface area contributed by atoms with Gasteiger partial charge in [0.1, 0.15) is 21.5 Å². The van der Waals surface area contributed by atoms with Crippen LogP contribution in [0.15, 0.2) is 76.4 Å². The molecule has 5 rings (SSSR count). The van der Waals surface area contributed by atoms with E-state index in [-0.39, 0.29) is 28.3 Å². The largest absolute Gasteiger partial charge is 0.494 e. The Balaban J connectivity index is 1.39. The summed E-state index contributed by atoms with van der Waals surface area (Å²) in [6.07, 6.45) is 2.78. The molecule has 2 aromatic carbocycles. The summed E-state index contributed by atoms with van der Waals surface area (Å²) < 4.78 is 39.8. The number of aromatic amines is 1. The van der Waals surface area contributed by atoms with E-state index in [4.69, 9.17) is 9.47 Å². The summed E-state index contributed by atoms with van der Waals surface area (Å²) in [5.41, 5.74) is 1.46. The molecule has 0 unspecified atom stereocenters. The van der Waals surface area contributed by atoms with Crippen molar-refractivity contribution in [3.05, 3.63) is 105 Å². The van der Waals surface area contributed by atoms with Crippen molar-refractivity contribution >= 4 is 38.6 Å². The minimum Gasteiger partial charge on any atom is -0.494 e. The van der Waals surface area contributed by atoms with Crippen LogP contribution in [-0.4, -0.2) is 28.0 Å². The second kappa shape index (κ2) is 10.6. The summed E-state index contributed by atoms with van der Waals surface area (Å²) in [6.45, 7) is 1.67. The average Bonchev–Trinajstić information content (AvgIpc) is 2.91. The van der Waals surface area contributed by atoms with E-state index in [1.807, 2.05) is 0 Å². The number of rotatable bonds is 6. The number of hydrogen-bond acceptors (Lipinski definition) is 6. The van der Waals surface area contributed by atoms with Crippen molar-refractivity contribution < 1.29 is 23.0 Å². The number of amides is 1. The van der Waals surface area contributed by atoms with E-state index in [9.17, 15) is 18.4 Å². The Morgan fingerprint density at radius 1 is 1.03 bits per heavy atom. The highest BCUT2D eigenvalue weighted by molar-refractivity contribution is 9.10. The molecule has 0 spiro atoms. The number of nitrogens with one attached hydrogen (secondary N) is 2. The van der Waals surface area contributed by atoms with Crippen LogP contribution in [0.5, 0.6) is 17.2 Å². The molecule has 8 nitrogen and oxygen atoms in total. The molecule has 0 radical (unpaired) electrons. The van der Waals surface area contributed by atoms with Gasteiger partial charge in [0.05, 0.1) is 12.6 Å². The third kappa shape index (κ3) is 5.21. The standard InChI is InChI=1S/C28H19BrF2N4O4/c1-14-24(15-3-5-16(30)6-4-15)26(36)18(13-33-14)28(37)34-17-7-8-21(19(31)11-17)39-22-9-10-32-20-12-23(38-2)27(29)35-25(20)22/h3-13H,1-2H3,(H,33,36)(H,34,37). The lowest BCUT2D eigenvalue weighted by Crippen LogP contribution is -2.23. The molecule has 0 saturated heterocycles. The molecular formula is C28H19BrF2N4O4. The zero-order chi connectivity index (χ0) is 27.7. The van der Waals surface area contributed by atoms with Crippen LogP contribution in [0.4, 0.5) is 14.5 Å². The van der Waals surface area contributed by atoms with E-state index >= 15 is 0 Å². The smallest absolute Gasteiger partial charge is 0.261 e. The van der Waals surface area contributed by atoms with E-state index in [1.54, 1.807) is 19.1 Å². The molecule has 39 heavy (non-hydrogen) atoms. The molecular weight excluding hydrogens is 574 g/mol. The fraction of sp³-hybridized carbons (Fsp3) is 0.0714. The van der Waals surface area contributed by atoms with Gasteiger partial charge in [-0.15, -0.1) is 0 Å². The van der Waals surface area contributed by atoms with Crippen LogP contribution in [0.25, 0.3) is 22.2 Å². The van der Waals surface area contributed by atoms with Gasteiger partial charge in [-0.05, 0) is 52.7 Å². The first-order chi connectivity index (χ1) is 18.7. The normalized spacial score (nSPS) is 10.9. The van der Waals surface area contributed by atoms with Crippen molar-refractivity contribution in [2.75, 3.05) is 12.4 Å². The van der Waals surface area contributed by atoms with Gasteiger partial charge in [-0.1, -0.05) is 12.1 Å². The molecule has 0 atom stereocenters. The number of fused-ring (bicyclic) bond motifs is 1. The highest BCUT2D eigenvalue weighted by Crippen LogP contribution is 2.34. The summed E-state index contributed by atoms with van der Waals surface area (Å²) in [4.78, 5) is 37.6. The third-order valence-corrected chi connectivity index (χ3v) is 6.45. The number of aromatic nitrogens is 3. The van der Waals surface area contributed by atoms with Gasteiger partial charge in [-0.2, -0.15) is 0 Å². The maximum absolute atomic E-state index is 15.0. The van der Waals surface area contributed by atoms with E-state index in [1.165, 1.54) is 55.9 Å². The number of nitrogens with zero attached hydrogens (tertiary/aromatic N) is 2. The van der Waals surface area contributed by atoms with E-state index in [0.717, 1.165) is 6.07 Å². The van der Waals surface area contributed by atoms with Gasteiger partial charge in [0.2, 0.25) is 5.43 Å². The highest BCUT2D eigenvalue weighted by atomic mass is 79.9. The molecule has 3 aromatic heterocycles. The van der Waals surface area contributed by atoms with Crippen LogP contribution in [0.2, 0.25) is 0 Å². The average molecular weight is 593 g/mol. The SMILES string of the molecule is COc1cc2nccc(Oc3ccc(NC(=O)c4c[nH]c(C)c(-c5ccc(F)cc5)c4=O)cc3F)c2nc1Br. The van der Waals surface area contributed by atoms with Gasteiger partial charge in [0.25, 0.3) is 5.91 Å². The topological polar surface area (TPSA) is 106 Å². The number of carbonyl (C=O) groups excluding carboxylic acids is 1. The predicted octanol–water partition coefficient (Wildman–Crippen LogP) is 6.39. The molecule has 196 valence electrons. The van der Waals surface area contributed by atoms with Crippen LogP contribution in [-0.2, 0) is 0 Å². The van der Waals surface area contributed by atoms with Gasteiger partial charge in [0, 0.05) is 47.5 Å². The molecule has 2 N–H and O–H groups in total. The molecule has 3 heterocycles. The fourth-order valence-electron chi connectivity index (χ4n) is 3.97. The Labute approximate surface area is 228 Å². The molecule has 5 aromatic rings. The molecule has 0 aliphatic rings. The number of benzene rings is 2. The van der Waals surface area contributed by atoms with Gasteiger partial charge in [-0.25, -0.2) is 13.8 Å². The van der Waals surface area contributed by atoms with Crippen LogP contribution < -0.4 is 20.2 Å². The van der Waals surface area contributed by atoms with Crippen molar-refractivity contribution in [3.8, 4) is 28.4 Å². The molecule has 0 saturated carbocycles. The number of anilines is 1. The van der Waals surface area contributed by atoms with Crippen LogP contribution in [0.3, 0.4) is 0 Å². The van der Waals surface area contributed by atoms with Crippen molar-refractivity contribution in [3.63, 3.8) is 0 Å². The fourth-order valence-corrected chi connectivity index (χ4v) is 4.42. The Bertz CT molecular complexity index is 1790. The van der Waals surface area contributed by atoms with E-state index in [2.05, 4.69) is 36.2 Å². The summed E-state index contributed by atoms with van der Waals surface area (Å²) in [7, 11) is 1.50. The summed E-state index contributed by atoms with van der Waals surface area (Å²) in [6, 6.07) is 12.5. The zero-order valence-corrected chi connectivity index (χ0v) is 22.1. The zero-order valence-electron chi connectivity index (χ0n) is 20.5. The van der Waals surface area contributed by atoms with Crippen molar-refractivity contribution in [1.29, 1.82) is 0 Å². The quantitative estimate of drug-likeness (QED) is 0.221. The lowest BCUT2D eigenvalue weighted by atomic mass is 10.0. The second-order valence-corrected chi connectivity index (χ2v) is 9.15. The molecule has 1 amide bonds. The number of halogens is 3. The molecule has 11 heteroatoms. The van der Waals surface area contributed by atoms with Crippen molar-refractivity contribution in [2.24, 2.45) is 0 Å². The first-order valence-corrected chi connectivity index (χ1v) is 12.3. The number of ether oxygens (including phenoxy) is 2. The predicted molar refractivity (Wildman–Crippen MR) is 145 cm³/mol. The van der Waals surface area contributed by atoms with Gasteiger partial charge >= 0.3 is 0 Å². The van der Waals surface area contributed by atoms with E-state index < -0.39 is 23.0 Å². The van der Waals surface area contributed by atoms with Crippen LogP contribution in [0, 0.1) is 18.6 Å². The van der Waals surface area contributed by atoms with Crippen molar-refractivity contribution in [2.45, 2.75) is 6.92 Å². The molecule has 0 aliphatic carbocycles. The monoisotopic (exact) mass is 592 g/mol. The number of carbonyl (C=O) groups is 1. The number of pyridine rings is 3. The van der Waals surface area contributed by atoms with Gasteiger partial charge in [0.15, 0.2) is 23.1 Å². The van der Waals surface area contributed by atoms with Gasteiger partial charge in [-0.3, -0.25) is 14.6 Å². The van der Waals surface area contributed by atoms with Gasteiger partial charge < -0.3 is 19.8 Å². The Kier molecular flexibility index (Phi) is 7.07. The summed E-state index contributed by atoms with van der Waals surface area (Å²) in [5, 5.41) is 2.53. The third-order valence-electron chi connectivity index (χ3n) is 5.88. The number of hydrogen-bond donors (Lipinski definition) is 2. The molecule has 0 fully saturated rings. The number of methoxy groups -OCH3 is 1. The lowest BCUT2D eigenvalue weighted by Gasteiger charge is -2.12. The minimum atomic E-state index is -0.754. The molecule has 0 aliphatic heterocycles. The Morgan fingerprint density at radius 3 is 2.51 bits per heavy atom. The first-order valence-electron chi connectivity index (χ1n) is 11.5. The van der Waals surface area contributed by atoms with Crippen LogP contribution >= 0.6 is 15.9 Å². The first kappa shape index (κ1) is 26.0. The minimum absolute atomic E-state index is 0.110. The second-order valence-electron chi connectivity index (χ2n) is 8.40. The maximum Gasteiger partial charge on any atom is 0.261 e.